The van der Waals surface area contributed by atoms with Gasteiger partial charge in [-0.05, 0) is 68.1 Å². The van der Waals surface area contributed by atoms with E-state index < -0.39 is 0 Å². The van der Waals surface area contributed by atoms with Crippen LogP contribution in [0, 0.1) is 0 Å². The number of nitrogens with zero attached hydrogens (tertiary/aromatic N) is 1. The van der Waals surface area contributed by atoms with Crippen molar-refractivity contribution in [1.29, 1.82) is 0 Å². The first-order valence-electron chi connectivity index (χ1n) is 11.8. The highest BCUT2D eigenvalue weighted by atomic mass is 16.5. The Labute approximate surface area is 200 Å². The molecule has 34 heavy (non-hydrogen) atoms. The number of amides is 2. The van der Waals surface area contributed by atoms with Crippen LogP contribution in [-0.2, 0) is 0 Å². The Bertz CT molecular complexity index is 1140. The van der Waals surface area contributed by atoms with Crippen LogP contribution in [0.1, 0.15) is 58.5 Å². The van der Waals surface area contributed by atoms with Crippen molar-refractivity contribution in [2.45, 2.75) is 32.2 Å². The standard InChI is InChI=1S/C28H31N3O3/c1-20(21-10-5-3-6-11-21)29-28(33)25-19-23(14-15-26(25)31-16-7-4-8-17-31)30-27(32)22-12-9-13-24(18-22)34-2/h3,5-6,9-15,18-20H,4,7-8,16-17H2,1-2H3,(H,29,33)(H,30,32). The van der Waals surface area contributed by atoms with Crippen molar-refractivity contribution in [2.24, 2.45) is 0 Å². The van der Waals surface area contributed by atoms with E-state index >= 15 is 0 Å². The summed E-state index contributed by atoms with van der Waals surface area (Å²) < 4.78 is 5.22. The zero-order valence-electron chi connectivity index (χ0n) is 19.7. The average molecular weight is 458 g/mol. The lowest BCUT2D eigenvalue weighted by atomic mass is 10.0. The molecule has 2 amide bonds. The maximum absolute atomic E-state index is 13.4. The summed E-state index contributed by atoms with van der Waals surface area (Å²) in [6.45, 7) is 3.82. The fraction of sp³-hybridized carbons (Fsp3) is 0.286. The zero-order valence-corrected chi connectivity index (χ0v) is 19.7. The molecule has 1 atom stereocenters. The molecule has 1 fully saturated rings. The van der Waals surface area contributed by atoms with E-state index in [1.54, 1.807) is 37.4 Å². The summed E-state index contributed by atoms with van der Waals surface area (Å²) in [6, 6.07) is 22.3. The third-order valence-electron chi connectivity index (χ3n) is 6.17. The number of ether oxygens (including phenoxy) is 1. The smallest absolute Gasteiger partial charge is 0.255 e. The Hall–Kier alpha value is -3.80. The van der Waals surface area contributed by atoms with Crippen LogP contribution in [0.5, 0.6) is 5.75 Å². The van der Waals surface area contributed by atoms with E-state index in [0.717, 1.165) is 37.2 Å². The van der Waals surface area contributed by atoms with Gasteiger partial charge in [-0.2, -0.15) is 0 Å². The Kier molecular flexibility index (Phi) is 7.48. The molecule has 0 spiro atoms. The van der Waals surface area contributed by atoms with Gasteiger partial charge in [-0.3, -0.25) is 9.59 Å². The fourth-order valence-electron chi connectivity index (χ4n) is 4.27. The molecule has 0 bridgehead atoms. The topological polar surface area (TPSA) is 70.7 Å². The molecule has 0 aliphatic carbocycles. The summed E-state index contributed by atoms with van der Waals surface area (Å²) in [5, 5.41) is 6.05. The summed E-state index contributed by atoms with van der Waals surface area (Å²) in [5.74, 6) is 0.200. The highest BCUT2D eigenvalue weighted by molar-refractivity contribution is 6.06. The molecule has 4 rings (SSSR count). The number of carbonyl (C=O) groups is 2. The summed E-state index contributed by atoms with van der Waals surface area (Å²) in [5.41, 5.74) is 3.57. The van der Waals surface area contributed by atoms with Crippen LogP contribution in [0.2, 0.25) is 0 Å². The molecule has 0 radical (unpaired) electrons. The van der Waals surface area contributed by atoms with E-state index in [2.05, 4.69) is 15.5 Å². The predicted molar refractivity (Wildman–Crippen MR) is 136 cm³/mol. The van der Waals surface area contributed by atoms with Gasteiger partial charge in [0, 0.05) is 30.0 Å². The highest BCUT2D eigenvalue weighted by Gasteiger charge is 2.21. The average Bonchev–Trinajstić information content (AvgIpc) is 2.89. The van der Waals surface area contributed by atoms with Crippen LogP contribution < -0.4 is 20.3 Å². The number of rotatable bonds is 7. The Morgan fingerprint density at radius 1 is 0.882 bits per heavy atom. The molecule has 1 heterocycles. The van der Waals surface area contributed by atoms with Crippen LogP contribution in [0.4, 0.5) is 11.4 Å². The van der Waals surface area contributed by atoms with Crippen molar-refractivity contribution in [3.63, 3.8) is 0 Å². The molecule has 1 aliphatic rings. The molecule has 3 aromatic rings. The fourth-order valence-corrected chi connectivity index (χ4v) is 4.27. The van der Waals surface area contributed by atoms with Crippen molar-refractivity contribution in [3.05, 3.63) is 89.5 Å². The molecular weight excluding hydrogens is 426 g/mol. The molecule has 1 unspecified atom stereocenters. The summed E-state index contributed by atoms with van der Waals surface area (Å²) >= 11 is 0. The molecule has 6 heteroatoms. The third kappa shape index (κ3) is 5.57. The number of piperidine rings is 1. The zero-order chi connectivity index (χ0) is 23.9. The van der Waals surface area contributed by atoms with E-state index in [9.17, 15) is 9.59 Å². The minimum absolute atomic E-state index is 0.141. The van der Waals surface area contributed by atoms with E-state index in [0.29, 0.717) is 22.6 Å². The number of anilines is 2. The first-order valence-corrected chi connectivity index (χ1v) is 11.8. The van der Waals surface area contributed by atoms with Crippen molar-refractivity contribution in [3.8, 4) is 5.75 Å². The molecule has 3 aromatic carbocycles. The first kappa shape index (κ1) is 23.4. The van der Waals surface area contributed by atoms with E-state index in [1.165, 1.54) is 6.42 Å². The molecule has 1 aliphatic heterocycles. The van der Waals surface area contributed by atoms with Crippen molar-refractivity contribution < 1.29 is 14.3 Å². The van der Waals surface area contributed by atoms with Crippen LogP contribution in [-0.4, -0.2) is 32.0 Å². The van der Waals surface area contributed by atoms with Gasteiger partial charge < -0.3 is 20.3 Å². The van der Waals surface area contributed by atoms with E-state index in [-0.39, 0.29) is 17.9 Å². The lowest BCUT2D eigenvalue weighted by molar-refractivity contribution is 0.0939. The second-order valence-corrected chi connectivity index (χ2v) is 8.57. The van der Waals surface area contributed by atoms with Crippen molar-refractivity contribution >= 4 is 23.2 Å². The number of hydrogen-bond donors (Lipinski definition) is 2. The van der Waals surface area contributed by atoms with E-state index in [4.69, 9.17) is 4.74 Å². The van der Waals surface area contributed by atoms with Crippen molar-refractivity contribution in [1.82, 2.24) is 5.32 Å². The van der Waals surface area contributed by atoms with Gasteiger partial charge in [-0.25, -0.2) is 0 Å². The normalized spacial score (nSPS) is 14.2. The summed E-state index contributed by atoms with van der Waals surface area (Å²) in [4.78, 5) is 28.5. The summed E-state index contributed by atoms with van der Waals surface area (Å²) in [7, 11) is 1.57. The van der Waals surface area contributed by atoms with Crippen LogP contribution in [0.3, 0.4) is 0 Å². The van der Waals surface area contributed by atoms with Gasteiger partial charge >= 0.3 is 0 Å². The molecular formula is C28H31N3O3. The SMILES string of the molecule is COc1cccc(C(=O)Nc2ccc(N3CCCCC3)c(C(=O)NC(C)c3ccccc3)c2)c1. The number of carbonyl (C=O) groups excluding carboxylic acids is 2. The number of nitrogens with one attached hydrogen (secondary N) is 2. The van der Waals surface area contributed by atoms with Crippen LogP contribution in [0.25, 0.3) is 0 Å². The highest BCUT2D eigenvalue weighted by Crippen LogP contribution is 2.28. The van der Waals surface area contributed by atoms with Gasteiger partial charge in [0.2, 0.25) is 0 Å². The first-order chi connectivity index (χ1) is 16.5. The molecule has 6 nitrogen and oxygen atoms in total. The van der Waals surface area contributed by atoms with Gasteiger partial charge in [0.25, 0.3) is 11.8 Å². The Balaban J connectivity index is 1.59. The second kappa shape index (κ2) is 10.9. The predicted octanol–water partition coefficient (Wildman–Crippen LogP) is 5.43. The Morgan fingerprint density at radius 2 is 1.65 bits per heavy atom. The van der Waals surface area contributed by atoms with E-state index in [1.807, 2.05) is 49.4 Å². The number of benzene rings is 3. The lowest BCUT2D eigenvalue weighted by Gasteiger charge is -2.31. The molecule has 0 aromatic heterocycles. The van der Waals surface area contributed by atoms with Gasteiger partial charge in [0.05, 0.1) is 18.7 Å². The van der Waals surface area contributed by atoms with Gasteiger partial charge in [-0.15, -0.1) is 0 Å². The summed E-state index contributed by atoms with van der Waals surface area (Å²) in [6.07, 6.45) is 3.42. The second-order valence-electron chi connectivity index (χ2n) is 8.57. The molecule has 2 N–H and O–H groups in total. The minimum Gasteiger partial charge on any atom is -0.497 e. The minimum atomic E-state index is -0.256. The lowest BCUT2D eigenvalue weighted by Crippen LogP contribution is -2.33. The molecule has 1 saturated heterocycles. The van der Waals surface area contributed by atoms with Crippen LogP contribution in [0.15, 0.2) is 72.8 Å². The number of methoxy groups -OCH3 is 1. The number of hydrogen-bond acceptors (Lipinski definition) is 4. The quantitative estimate of drug-likeness (QED) is 0.496. The molecule has 0 saturated carbocycles. The van der Waals surface area contributed by atoms with Crippen molar-refractivity contribution in [2.75, 3.05) is 30.4 Å². The monoisotopic (exact) mass is 457 g/mol. The van der Waals surface area contributed by atoms with Gasteiger partial charge in [0.15, 0.2) is 0 Å². The van der Waals surface area contributed by atoms with Gasteiger partial charge in [0.1, 0.15) is 5.75 Å². The molecule has 176 valence electrons. The maximum atomic E-state index is 13.4. The third-order valence-corrected chi connectivity index (χ3v) is 6.17. The maximum Gasteiger partial charge on any atom is 0.255 e. The Morgan fingerprint density at radius 3 is 2.38 bits per heavy atom. The largest absolute Gasteiger partial charge is 0.497 e. The van der Waals surface area contributed by atoms with Gasteiger partial charge in [-0.1, -0.05) is 36.4 Å². The van der Waals surface area contributed by atoms with Crippen LogP contribution >= 0.6 is 0 Å².